The molecule has 202 valence electrons. The molecule has 2 atom stereocenters. The van der Waals surface area contributed by atoms with Gasteiger partial charge in [-0.15, -0.1) is 0 Å². The number of nitrogen functional groups attached to an aromatic ring is 1. The Bertz CT molecular complexity index is 1490. The predicted octanol–water partition coefficient (Wildman–Crippen LogP) is 2.15. The summed E-state index contributed by atoms with van der Waals surface area (Å²) in [6, 6.07) is 1.24. The lowest BCUT2D eigenvalue weighted by atomic mass is 10.0. The minimum absolute atomic E-state index is 0.185. The van der Waals surface area contributed by atoms with Crippen LogP contribution in [0.5, 0.6) is 0 Å². The van der Waals surface area contributed by atoms with Gasteiger partial charge in [-0.25, -0.2) is 22.9 Å². The zero-order valence-electron chi connectivity index (χ0n) is 20.7. The van der Waals surface area contributed by atoms with E-state index in [1.807, 2.05) is 13.8 Å². The van der Waals surface area contributed by atoms with Crippen molar-refractivity contribution in [2.75, 3.05) is 23.7 Å². The van der Waals surface area contributed by atoms with Crippen molar-refractivity contribution in [3.05, 3.63) is 57.6 Å². The number of benzene rings is 1. The fraction of sp³-hybridized carbons (Fsp3) is 0.360. The first-order chi connectivity index (χ1) is 17.9. The minimum atomic E-state index is -1.63. The number of anilines is 2. The quantitative estimate of drug-likeness (QED) is 0.337. The maximum Gasteiger partial charge on any atom is 0.341 e. The second-order valence-corrected chi connectivity index (χ2v) is 9.71. The number of pyridine rings is 2. The Morgan fingerprint density at radius 2 is 1.89 bits per heavy atom. The molecule has 0 aliphatic carbocycles. The first-order valence-corrected chi connectivity index (χ1v) is 11.9. The number of halogens is 3. The molecule has 1 fully saturated rings. The Labute approximate surface area is 215 Å². The van der Waals surface area contributed by atoms with Gasteiger partial charge in [-0.3, -0.25) is 14.2 Å². The maximum atomic E-state index is 15.2. The molecule has 10 nitrogen and oxygen atoms in total. The highest BCUT2D eigenvalue weighted by Gasteiger charge is 2.30. The SMILES string of the molecule is CC(C)C[C@H](N)C(=O)N[C@H]1CCN(c2nc3c(cc2F)c(=O)c(C(=O)O)cn3-c2cc(N)c(F)cc2F)C1. The van der Waals surface area contributed by atoms with Crippen LogP contribution in [0, 0.1) is 23.4 Å². The summed E-state index contributed by atoms with van der Waals surface area (Å²) in [6.45, 7) is 4.38. The van der Waals surface area contributed by atoms with E-state index < -0.39 is 51.5 Å². The van der Waals surface area contributed by atoms with Crippen LogP contribution < -0.4 is 27.1 Å². The van der Waals surface area contributed by atoms with E-state index in [1.54, 1.807) is 4.90 Å². The standard InChI is InChI=1S/C25H27F3N6O4/c1-11(2)5-19(30)24(36)31-12-3-4-33(9-12)23-17(28)6-13-21(35)14(25(37)38)10-34(22(13)32-23)20-8-18(29)15(26)7-16(20)27/h6-8,10-12,19H,3-5,9,29-30H2,1-2H3,(H,31,36)(H,37,38)/t12-,19-/m0/s1. The normalized spacial score (nSPS) is 16.3. The minimum Gasteiger partial charge on any atom is -0.477 e. The molecule has 1 aliphatic rings. The molecule has 38 heavy (non-hydrogen) atoms. The second-order valence-electron chi connectivity index (χ2n) is 9.71. The monoisotopic (exact) mass is 532 g/mol. The third kappa shape index (κ3) is 5.14. The van der Waals surface area contributed by atoms with Gasteiger partial charge in [0.05, 0.1) is 22.8 Å². The highest BCUT2D eigenvalue weighted by molar-refractivity contribution is 5.92. The molecule has 1 aromatic carbocycles. The number of hydrogen-bond acceptors (Lipinski definition) is 7. The molecule has 6 N–H and O–H groups in total. The molecule has 1 saturated heterocycles. The number of rotatable bonds is 7. The fourth-order valence-corrected chi connectivity index (χ4v) is 4.50. The van der Waals surface area contributed by atoms with Gasteiger partial charge in [0.25, 0.3) is 0 Å². The van der Waals surface area contributed by atoms with E-state index in [1.165, 1.54) is 0 Å². The molecule has 2 aromatic heterocycles. The van der Waals surface area contributed by atoms with Gasteiger partial charge in [-0.05, 0) is 30.9 Å². The molecule has 3 aromatic rings. The average Bonchev–Trinajstić information content (AvgIpc) is 3.29. The van der Waals surface area contributed by atoms with Gasteiger partial charge in [0, 0.05) is 31.4 Å². The maximum absolute atomic E-state index is 15.2. The number of nitrogens with two attached hydrogens (primary N) is 2. The van der Waals surface area contributed by atoms with Gasteiger partial charge in [-0.1, -0.05) is 13.8 Å². The van der Waals surface area contributed by atoms with Crippen molar-refractivity contribution < 1.29 is 27.9 Å². The van der Waals surface area contributed by atoms with Crippen LogP contribution in [0.2, 0.25) is 0 Å². The molecule has 0 saturated carbocycles. The molecule has 4 rings (SSSR count). The first kappa shape index (κ1) is 26.9. The number of hydrogen-bond donors (Lipinski definition) is 4. The summed E-state index contributed by atoms with van der Waals surface area (Å²) in [6.07, 6.45) is 1.80. The summed E-state index contributed by atoms with van der Waals surface area (Å²) in [5.74, 6) is -4.96. The number of carbonyl (C=O) groups excluding carboxylic acids is 1. The molecular weight excluding hydrogens is 505 g/mol. The molecule has 1 amide bonds. The molecule has 0 spiro atoms. The zero-order chi connectivity index (χ0) is 27.9. The molecule has 13 heteroatoms. The summed E-state index contributed by atoms with van der Waals surface area (Å²) in [5, 5.41) is 11.9. The van der Waals surface area contributed by atoms with E-state index in [0.717, 1.165) is 22.9 Å². The number of fused-ring (bicyclic) bond motifs is 1. The lowest BCUT2D eigenvalue weighted by molar-refractivity contribution is -0.123. The average molecular weight is 533 g/mol. The Morgan fingerprint density at radius 1 is 1.18 bits per heavy atom. The van der Waals surface area contributed by atoms with Gasteiger partial charge in [0.2, 0.25) is 11.3 Å². The van der Waals surface area contributed by atoms with E-state index >= 15 is 4.39 Å². The van der Waals surface area contributed by atoms with Gasteiger partial charge in [-0.2, -0.15) is 0 Å². The van der Waals surface area contributed by atoms with Crippen molar-refractivity contribution in [2.24, 2.45) is 11.7 Å². The predicted molar refractivity (Wildman–Crippen MR) is 135 cm³/mol. The lowest BCUT2D eigenvalue weighted by Crippen LogP contribution is -2.46. The largest absolute Gasteiger partial charge is 0.477 e. The number of nitrogens with zero attached hydrogens (tertiary/aromatic N) is 3. The number of amides is 1. The fourth-order valence-electron chi connectivity index (χ4n) is 4.50. The van der Waals surface area contributed by atoms with Crippen molar-refractivity contribution in [3.8, 4) is 5.69 Å². The van der Waals surface area contributed by atoms with Crippen molar-refractivity contribution in [2.45, 2.75) is 38.8 Å². The zero-order valence-corrected chi connectivity index (χ0v) is 20.7. The van der Waals surface area contributed by atoms with Crippen molar-refractivity contribution >= 4 is 34.4 Å². The summed E-state index contributed by atoms with van der Waals surface area (Å²) >= 11 is 0. The molecule has 1 aliphatic heterocycles. The van der Waals surface area contributed by atoms with E-state index in [4.69, 9.17) is 11.5 Å². The van der Waals surface area contributed by atoms with Crippen molar-refractivity contribution in [1.82, 2.24) is 14.9 Å². The van der Waals surface area contributed by atoms with Crippen LogP contribution in [0.1, 0.15) is 37.0 Å². The van der Waals surface area contributed by atoms with Gasteiger partial charge in [0.15, 0.2) is 17.3 Å². The van der Waals surface area contributed by atoms with Crippen LogP contribution in [0.3, 0.4) is 0 Å². The Hall–Kier alpha value is -4.13. The number of aromatic nitrogens is 2. The van der Waals surface area contributed by atoms with E-state index in [2.05, 4.69) is 10.3 Å². The summed E-state index contributed by atoms with van der Waals surface area (Å²) in [5.41, 5.74) is 8.67. The topological polar surface area (TPSA) is 157 Å². The summed E-state index contributed by atoms with van der Waals surface area (Å²) < 4.78 is 44.7. The smallest absolute Gasteiger partial charge is 0.341 e. The number of carbonyl (C=O) groups is 2. The van der Waals surface area contributed by atoms with Gasteiger partial charge < -0.3 is 26.8 Å². The van der Waals surface area contributed by atoms with E-state index in [0.29, 0.717) is 25.5 Å². The van der Waals surface area contributed by atoms with Crippen LogP contribution in [0.15, 0.2) is 29.2 Å². The summed E-state index contributed by atoms with van der Waals surface area (Å²) in [7, 11) is 0. The summed E-state index contributed by atoms with van der Waals surface area (Å²) in [4.78, 5) is 42.7. The second kappa shape index (κ2) is 10.3. The van der Waals surface area contributed by atoms with E-state index in [-0.39, 0.29) is 41.6 Å². The Balaban J connectivity index is 1.76. The lowest BCUT2D eigenvalue weighted by Gasteiger charge is -2.21. The molecule has 3 heterocycles. The van der Waals surface area contributed by atoms with Crippen LogP contribution in [0.25, 0.3) is 16.7 Å². The highest BCUT2D eigenvalue weighted by atomic mass is 19.1. The van der Waals surface area contributed by atoms with Crippen LogP contribution in [0.4, 0.5) is 24.7 Å². The van der Waals surface area contributed by atoms with Crippen LogP contribution >= 0.6 is 0 Å². The number of nitrogens with one attached hydrogen (secondary N) is 1. The highest BCUT2D eigenvalue weighted by Crippen LogP contribution is 2.28. The number of carboxylic acid groups (broad SMARTS) is 1. The molecule has 0 radical (unpaired) electrons. The molecule has 0 unspecified atom stereocenters. The third-order valence-electron chi connectivity index (χ3n) is 6.37. The number of aromatic carboxylic acids is 1. The van der Waals surface area contributed by atoms with Gasteiger partial charge >= 0.3 is 5.97 Å². The van der Waals surface area contributed by atoms with Crippen molar-refractivity contribution in [1.29, 1.82) is 0 Å². The first-order valence-electron chi connectivity index (χ1n) is 11.9. The Kier molecular flexibility index (Phi) is 7.31. The van der Waals surface area contributed by atoms with Crippen LogP contribution in [-0.4, -0.2) is 51.7 Å². The van der Waals surface area contributed by atoms with Gasteiger partial charge in [0.1, 0.15) is 17.2 Å². The molecule has 0 bridgehead atoms. The van der Waals surface area contributed by atoms with Crippen LogP contribution in [-0.2, 0) is 4.79 Å². The third-order valence-corrected chi connectivity index (χ3v) is 6.37. The number of carboxylic acids is 1. The molecular formula is C25H27F3N6O4. The van der Waals surface area contributed by atoms with Crippen molar-refractivity contribution in [3.63, 3.8) is 0 Å². The Morgan fingerprint density at radius 3 is 2.55 bits per heavy atom. The van der Waals surface area contributed by atoms with E-state index in [9.17, 15) is 28.3 Å².